The molecule has 2 aromatic rings. The predicted octanol–water partition coefficient (Wildman–Crippen LogP) is 3.71. The van der Waals surface area contributed by atoms with Crippen molar-refractivity contribution in [3.63, 3.8) is 0 Å². The van der Waals surface area contributed by atoms with E-state index in [9.17, 15) is 9.59 Å². The second-order valence-electron chi connectivity index (χ2n) is 5.94. The van der Waals surface area contributed by atoms with E-state index >= 15 is 0 Å². The van der Waals surface area contributed by atoms with E-state index in [0.29, 0.717) is 11.7 Å². The molecule has 1 aromatic carbocycles. The second-order valence-corrected chi connectivity index (χ2v) is 6.72. The number of benzene rings is 1. The molecule has 0 aliphatic carbocycles. The number of hydrogen-bond acceptors (Lipinski definition) is 5. The average molecular weight is 360 g/mol. The van der Waals surface area contributed by atoms with Crippen LogP contribution in [0.25, 0.3) is 0 Å². The van der Waals surface area contributed by atoms with Crippen LogP contribution in [0.5, 0.6) is 0 Å². The van der Waals surface area contributed by atoms with Gasteiger partial charge in [0.15, 0.2) is 6.61 Å². The molecule has 0 aliphatic rings. The van der Waals surface area contributed by atoms with Crippen LogP contribution in [-0.4, -0.2) is 31.1 Å². The van der Waals surface area contributed by atoms with E-state index in [1.807, 2.05) is 41.1 Å². The number of nitrogens with one attached hydrogen (secondary N) is 1. The highest BCUT2D eigenvalue weighted by Crippen LogP contribution is 2.19. The molecule has 0 saturated carbocycles. The third-order valence-electron chi connectivity index (χ3n) is 3.74. The molecule has 1 heterocycles. The van der Waals surface area contributed by atoms with Crippen molar-refractivity contribution in [1.29, 1.82) is 0 Å². The molecule has 0 bridgehead atoms. The highest BCUT2D eigenvalue weighted by atomic mass is 32.1. The summed E-state index contributed by atoms with van der Waals surface area (Å²) in [5.74, 6) is -0.748. The highest BCUT2D eigenvalue weighted by Gasteiger charge is 2.11. The fourth-order valence-electron chi connectivity index (χ4n) is 2.54. The van der Waals surface area contributed by atoms with Crippen LogP contribution in [0.15, 0.2) is 41.1 Å². The van der Waals surface area contributed by atoms with Gasteiger partial charge in [-0.3, -0.25) is 9.59 Å². The molecule has 6 heteroatoms. The monoisotopic (exact) mass is 360 g/mol. The smallest absolute Gasteiger partial charge is 0.310 e. The van der Waals surface area contributed by atoms with Crippen molar-refractivity contribution in [2.45, 2.75) is 33.2 Å². The maximum Gasteiger partial charge on any atom is 0.310 e. The number of amides is 1. The van der Waals surface area contributed by atoms with Crippen molar-refractivity contribution in [2.75, 3.05) is 23.4 Å². The number of rotatable bonds is 8. The Morgan fingerprint density at radius 3 is 2.48 bits per heavy atom. The maximum absolute atomic E-state index is 11.9. The molecule has 0 atom stereocenters. The second kappa shape index (κ2) is 9.22. The lowest BCUT2D eigenvalue weighted by Gasteiger charge is -2.27. The fourth-order valence-corrected chi connectivity index (χ4v) is 3.20. The zero-order chi connectivity index (χ0) is 18.2. The first-order chi connectivity index (χ1) is 12.0. The van der Waals surface area contributed by atoms with E-state index < -0.39 is 5.97 Å². The number of hydrogen-bond donors (Lipinski definition) is 1. The van der Waals surface area contributed by atoms with Crippen LogP contribution in [0.4, 0.5) is 11.4 Å². The number of thiophene rings is 1. The topological polar surface area (TPSA) is 58.6 Å². The third kappa shape index (κ3) is 5.90. The molecule has 0 fully saturated rings. The van der Waals surface area contributed by atoms with Gasteiger partial charge in [-0.2, -0.15) is 11.3 Å². The summed E-state index contributed by atoms with van der Waals surface area (Å²) in [6, 6.07) is 9.93. The Balaban J connectivity index is 1.81. The van der Waals surface area contributed by atoms with Crippen LogP contribution in [0, 0.1) is 0 Å². The average Bonchev–Trinajstić information content (AvgIpc) is 3.08. The molecular formula is C19H24N2O3S. The summed E-state index contributed by atoms with van der Waals surface area (Å²) in [6.07, 6.45) is 0.188. The Morgan fingerprint density at radius 2 is 1.92 bits per heavy atom. The summed E-state index contributed by atoms with van der Waals surface area (Å²) < 4.78 is 5.01. The van der Waals surface area contributed by atoms with Gasteiger partial charge in [-0.05, 0) is 67.4 Å². The van der Waals surface area contributed by atoms with Crippen LogP contribution >= 0.6 is 11.3 Å². The zero-order valence-corrected chi connectivity index (χ0v) is 15.6. The Hall–Kier alpha value is -2.34. The Kier molecular flexibility index (Phi) is 7.01. The molecule has 0 spiro atoms. The van der Waals surface area contributed by atoms with E-state index in [4.69, 9.17) is 4.74 Å². The lowest BCUT2D eigenvalue weighted by molar-refractivity contribution is -0.146. The summed E-state index contributed by atoms with van der Waals surface area (Å²) in [4.78, 5) is 25.8. The maximum atomic E-state index is 11.9. The number of carbonyl (C=O) groups excluding carboxylic acids is 2. The van der Waals surface area contributed by atoms with Crippen molar-refractivity contribution >= 4 is 34.6 Å². The Labute approximate surface area is 152 Å². The molecule has 1 amide bonds. The van der Waals surface area contributed by atoms with E-state index in [2.05, 4.69) is 31.0 Å². The molecular weight excluding hydrogens is 336 g/mol. The molecule has 5 nitrogen and oxygen atoms in total. The summed E-state index contributed by atoms with van der Waals surface area (Å²) in [6.45, 7) is 7.04. The molecule has 1 aromatic heterocycles. The van der Waals surface area contributed by atoms with E-state index in [0.717, 1.165) is 17.8 Å². The van der Waals surface area contributed by atoms with Crippen molar-refractivity contribution in [3.05, 3.63) is 46.7 Å². The van der Waals surface area contributed by atoms with Gasteiger partial charge < -0.3 is 15.0 Å². The van der Waals surface area contributed by atoms with Crippen molar-refractivity contribution < 1.29 is 14.3 Å². The molecule has 2 rings (SSSR count). The number of ether oxygens (including phenoxy) is 1. The number of esters is 1. The fraction of sp³-hybridized carbons (Fsp3) is 0.368. The van der Waals surface area contributed by atoms with Crippen molar-refractivity contribution in [3.8, 4) is 0 Å². The van der Waals surface area contributed by atoms with Crippen LogP contribution < -0.4 is 10.2 Å². The minimum absolute atomic E-state index is 0.188. The summed E-state index contributed by atoms with van der Waals surface area (Å²) in [5.41, 5.74) is 2.69. The van der Waals surface area contributed by atoms with Crippen LogP contribution in [0.3, 0.4) is 0 Å². The zero-order valence-electron chi connectivity index (χ0n) is 14.8. The normalized spacial score (nSPS) is 10.6. The molecule has 0 unspecified atom stereocenters. The first-order valence-electron chi connectivity index (χ1n) is 8.33. The van der Waals surface area contributed by atoms with Gasteiger partial charge in [0.05, 0.1) is 6.42 Å². The predicted molar refractivity (Wildman–Crippen MR) is 102 cm³/mol. The molecule has 0 saturated heterocycles. The van der Waals surface area contributed by atoms with Gasteiger partial charge >= 0.3 is 5.97 Å². The van der Waals surface area contributed by atoms with E-state index in [1.165, 1.54) is 11.3 Å². The van der Waals surface area contributed by atoms with Crippen LogP contribution in [0.2, 0.25) is 0 Å². The summed E-state index contributed by atoms with van der Waals surface area (Å²) in [5, 5.41) is 6.53. The van der Waals surface area contributed by atoms with Crippen molar-refractivity contribution in [2.24, 2.45) is 0 Å². The quantitative estimate of drug-likeness (QED) is 0.729. The lowest BCUT2D eigenvalue weighted by Crippen LogP contribution is -2.30. The number of anilines is 2. The highest BCUT2D eigenvalue weighted by molar-refractivity contribution is 7.07. The van der Waals surface area contributed by atoms with Crippen LogP contribution in [-0.2, 0) is 20.7 Å². The largest absolute Gasteiger partial charge is 0.455 e. The van der Waals surface area contributed by atoms with E-state index in [1.54, 1.807) is 0 Å². The third-order valence-corrected chi connectivity index (χ3v) is 4.47. The lowest BCUT2D eigenvalue weighted by atomic mass is 10.2. The Bertz CT molecular complexity index is 681. The minimum Gasteiger partial charge on any atom is -0.455 e. The van der Waals surface area contributed by atoms with Gasteiger partial charge in [0, 0.05) is 24.0 Å². The first kappa shape index (κ1) is 19.0. The SMILES string of the molecule is CCN(c1ccc(NC(=O)COC(=O)Cc2ccsc2)cc1)C(C)C. The minimum atomic E-state index is -0.403. The Morgan fingerprint density at radius 1 is 1.20 bits per heavy atom. The van der Waals surface area contributed by atoms with Crippen LogP contribution in [0.1, 0.15) is 26.3 Å². The molecule has 1 N–H and O–H groups in total. The van der Waals surface area contributed by atoms with Gasteiger partial charge in [0.2, 0.25) is 0 Å². The number of nitrogens with zero attached hydrogens (tertiary/aromatic N) is 1. The first-order valence-corrected chi connectivity index (χ1v) is 9.27. The molecule has 0 radical (unpaired) electrons. The van der Waals surface area contributed by atoms with Gasteiger partial charge in [0.1, 0.15) is 0 Å². The van der Waals surface area contributed by atoms with E-state index in [-0.39, 0.29) is 18.9 Å². The van der Waals surface area contributed by atoms with Gasteiger partial charge in [0.25, 0.3) is 5.91 Å². The standard InChI is InChI=1S/C19H24N2O3S/c1-4-21(14(2)3)17-7-5-16(6-8-17)20-18(22)12-24-19(23)11-15-9-10-25-13-15/h5-10,13-14H,4,11-12H2,1-3H3,(H,20,22). The molecule has 0 aliphatic heterocycles. The summed E-state index contributed by atoms with van der Waals surface area (Å²) >= 11 is 1.52. The number of carbonyl (C=O) groups is 2. The van der Waals surface area contributed by atoms with Crippen molar-refractivity contribution in [1.82, 2.24) is 0 Å². The van der Waals surface area contributed by atoms with Gasteiger partial charge in [-0.15, -0.1) is 0 Å². The summed E-state index contributed by atoms with van der Waals surface area (Å²) in [7, 11) is 0. The van der Waals surface area contributed by atoms with Gasteiger partial charge in [-0.1, -0.05) is 0 Å². The van der Waals surface area contributed by atoms with Gasteiger partial charge in [-0.25, -0.2) is 0 Å². The molecule has 25 heavy (non-hydrogen) atoms. The molecule has 134 valence electrons.